The molecule has 3 N–H and O–H groups in total. The van der Waals surface area contributed by atoms with E-state index in [1.54, 1.807) is 4.68 Å². The lowest BCUT2D eigenvalue weighted by atomic mass is 10.2. The number of aryl methyl sites for hydroxylation is 2. The fourth-order valence-electron chi connectivity index (χ4n) is 2.46. The molecule has 1 aromatic rings. The number of amidine groups is 1. The number of nitrogens with zero attached hydrogens (tertiary/aromatic N) is 4. The Kier molecular flexibility index (Phi) is 3.77. The number of hydrogen-bond donors (Lipinski definition) is 2. The molecule has 0 aliphatic carbocycles. The normalized spacial score (nSPS) is 21.7. The minimum Gasteiger partial charge on any atom is -0.409 e. The average Bonchev–Trinajstić information content (AvgIpc) is 2.89. The largest absolute Gasteiger partial charge is 0.409 e. The molecule has 1 aliphatic heterocycles. The highest BCUT2D eigenvalue weighted by molar-refractivity contribution is 6.31. The summed E-state index contributed by atoms with van der Waals surface area (Å²) in [7, 11) is 1.88. The molecule has 0 bridgehead atoms. The van der Waals surface area contributed by atoms with Crippen LogP contribution in [0.3, 0.4) is 0 Å². The summed E-state index contributed by atoms with van der Waals surface area (Å²) < 4.78 is 1.79. The second kappa shape index (κ2) is 5.16. The molecule has 6 nitrogen and oxygen atoms in total. The smallest absolute Gasteiger partial charge is 0.156 e. The Bertz CT molecular complexity index is 470. The first kappa shape index (κ1) is 13.2. The molecule has 18 heavy (non-hydrogen) atoms. The third-order valence-corrected chi connectivity index (χ3v) is 3.93. The van der Waals surface area contributed by atoms with Gasteiger partial charge in [0.2, 0.25) is 0 Å². The Morgan fingerprint density at radius 2 is 2.39 bits per heavy atom. The van der Waals surface area contributed by atoms with Gasteiger partial charge in [-0.25, -0.2) is 0 Å². The molecule has 1 aliphatic rings. The summed E-state index contributed by atoms with van der Waals surface area (Å²) in [4.78, 5) is 2.16. The third kappa shape index (κ3) is 2.30. The maximum Gasteiger partial charge on any atom is 0.156 e. The van der Waals surface area contributed by atoms with Crippen LogP contribution in [0.2, 0.25) is 5.02 Å². The van der Waals surface area contributed by atoms with E-state index in [0.717, 1.165) is 30.8 Å². The van der Waals surface area contributed by atoms with Crippen molar-refractivity contribution in [2.75, 3.05) is 6.54 Å². The van der Waals surface area contributed by atoms with Crippen molar-refractivity contribution in [3.8, 4) is 0 Å². The Morgan fingerprint density at radius 3 is 2.94 bits per heavy atom. The topological polar surface area (TPSA) is 79.7 Å². The van der Waals surface area contributed by atoms with Gasteiger partial charge in [0.25, 0.3) is 0 Å². The summed E-state index contributed by atoms with van der Waals surface area (Å²) in [5, 5.41) is 16.9. The molecular formula is C11H18ClN5O. The monoisotopic (exact) mass is 271 g/mol. The van der Waals surface area contributed by atoms with Crippen molar-refractivity contribution in [1.82, 2.24) is 14.7 Å². The Morgan fingerprint density at radius 1 is 1.67 bits per heavy atom. The number of likely N-dealkylation sites (tertiary alicyclic amines) is 1. The van der Waals surface area contributed by atoms with E-state index in [0.29, 0.717) is 11.6 Å². The average molecular weight is 272 g/mol. The van der Waals surface area contributed by atoms with Crippen molar-refractivity contribution >= 4 is 17.4 Å². The van der Waals surface area contributed by atoms with E-state index in [1.807, 2.05) is 14.0 Å². The van der Waals surface area contributed by atoms with Gasteiger partial charge in [0.1, 0.15) is 0 Å². The lowest BCUT2D eigenvalue weighted by molar-refractivity contribution is 0.269. The van der Waals surface area contributed by atoms with Gasteiger partial charge in [0.15, 0.2) is 5.84 Å². The number of halogens is 1. The fourth-order valence-corrected chi connectivity index (χ4v) is 2.68. The van der Waals surface area contributed by atoms with Crippen LogP contribution in [-0.2, 0) is 13.6 Å². The summed E-state index contributed by atoms with van der Waals surface area (Å²) in [5.41, 5.74) is 7.50. The maximum absolute atomic E-state index is 8.79. The van der Waals surface area contributed by atoms with Crippen molar-refractivity contribution in [1.29, 1.82) is 0 Å². The molecule has 2 rings (SSSR count). The molecule has 0 radical (unpaired) electrons. The minimum absolute atomic E-state index is 0.0127. The third-order valence-electron chi connectivity index (χ3n) is 3.44. The van der Waals surface area contributed by atoms with Crippen molar-refractivity contribution in [3.05, 3.63) is 16.4 Å². The van der Waals surface area contributed by atoms with Gasteiger partial charge >= 0.3 is 0 Å². The van der Waals surface area contributed by atoms with E-state index in [2.05, 4.69) is 15.2 Å². The number of oxime groups is 1. The summed E-state index contributed by atoms with van der Waals surface area (Å²) in [6.45, 7) is 3.47. The van der Waals surface area contributed by atoms with Crippen LogP contribution in [0.5, 0.6) is 0 Å². The van der Waals surface area contributed by atoms with Gasteiger partial charge in [0.05, 0.1) is 22.5 Å². The summed E-state index contributed by atoms with van der Waals surface area (Å²) in [6, 6.07) is -0.0127. The molecule has 0 aromatic carbocycles. The molecule has 1 saturated heterocycles. The van der Waals surface area contributed by atoms with E-state index < -0.39 is 0 Å². The van der Waals surface area contributed by atoms with Crippen LogP contribution < -0.4 is 5.73 Å². The highest BCUT2D eigenvalue weighted by Crippen LogP contribution is 2.25. The molecule has 0 spiro atoms. The SMILES string of the molecule is Cc1nn(C)c(CN2CCCC2C(N)=NO)c1Cl. The molecule has 0 saturated carbocycles. The van der Waals surface area contributed by atoms with Crippen LogP contribution in [0.1, 0.15) is 24.2 Å². The van der Waals surface area contributed by atoms with Gasteiger partial charge in [-0.15, -0.1) is 0 Å². The second-order valence-electron chi connectivity index (χ2n) is 4.62. The van der Waals surface area contributed by atoms with E-state index in [-0.39, 0.29) is 11.9 Å². The van der Waals surface area contributed by atoms with Gasteiger partial charge in [-0.3, -0.25) is 9.58 Å². The summed E-state index contributed by atoms with van der Waals surface area (Å²) in [6.07, 6.45) is 1.94. The van der Waals surface area contributed by atoms with Gasteiger partial charge in [-0.05, 0) is 26.3 Å². The molecule has 2 heterocycles. The summed E-state index contributed by atoms with van der Waals surface area (Å²) >= 11 is 6.23. The minimum atomic E-state index is -0.0127. The Hall–Kier alpha value is -1.27. The standard InChI is InChI=1S/C11H18ClN5O/c1-7-10(12)9(16(2)14-7)6-17-5-3-4-8(17)11(13)15-18/h8,18H,3-6H2,1-2H3,(H2,13,15). The van der Waals surface area contributed by atoms with Crippen LogP contribution >= 0.6 is 11.6 Å². The van der Waals surface area contributed by atoms with Crippen LogP contribution in [0.15, 0.2) is 5.16 Å². The number of hydrogen-bond acceptors (Lipinski definition) is 4. The first-order chi connectivity index (χ1) is 8.54. The van der Waals surface area contributed by atoms with Crippen LogP contribution in [0.25, 0.3) is 0 Å². The predicted molar refractivity (Wildman–Crippen MR) is 69.8 cm³/mol. The second-order valence-corrected chi connectivity index (χ2v) is 5.00. The maximum atomic E-state index is 8.79. The first-order valence-electron chi connectivity index (χ1n) is 5.94. The Balaban J connectivity index is 2.18. The molecule has 1 unspecified atom stereocenters. The quantitative estimate of drug-likeness (QED) is 0.373. The van der Waals surface area contributed by atoms with Crippen LogP contribution in [-0.4, -0.2) is 38.3 Å². The van der Waals surface area contributed by atoms with Crippen molar-refractivity contribution in [3.63, 3.8) is 0 Å². The zero-order chi connectivity index (χ0) is 13.3. The van der Waals surface area contributed by atoms with Crippen LogP contribution in [0, 0.1) is 6.92 Å². The van der Waals surface area contributed by atoms with Gasteiger partial charge in [-0.2, -0.15) is 5.10 Å². The number of aromatic nitrogens is 2. The highest BCUT2D eigenvalue weighted by atomic mass is 35.5. The fraction of sp³-hybridized carbons (Fsp3) is 0.636. The number of rotatable bonds is 3. The van der Waals surface area contributed by atoms with E-state index in [4.69, 9.17) is 22.5 Å². The van der Waals surface area contributed by atoms with Crippen molar-refractivity contribution in [2.24, 2.45) is 17.9 Å². The van der Waals surface area contributed by atoms with Crippen molar-refractivity contribution in [2.45, 2.75) is 32.4 Å². The van der Waals surface area contributed by atoms with E-state index in [1.165, 1.54) is 0 Å². The first-order valence-corrected chi connectivity index (χ1v) is 6.31. The van der Waals surface area contributed by atoms with Gasteiger partial charge in [0, 0.05) is 13.6 Å². The Labute approximate surface area is 111 Å². The lowest BCUT2D eigenvalue weighted by Crippen LogP contribution is -2.40. The number of nitrogens with two attached hydrogens (primary N) is 1. The molecule has 0 amide bonds. The van der Waals surface area contributed by atoms with Crippen molar-refractivity contribution < 1.29 is 5.21 Å². The van der Waals surface area contributed by atoms with E-state index in [9.17, 15) is 0 Å². The predicted octanol–water partition coefficient (Wildman–Crippen LogP) is 1.09. The van der Waals surface area contributed by atoms with Crippen LogP contribution in [0.4, 0.5) is 0 Å². The summed E-state index contributed by atoms with van der Waals surface area (Å²) in [5.74, 6) is 0.266. The zero-order valence-corrected chi connectivity index (χ0v) is 11.4. The molecular weight excluding hydrogens is 254 g/mol. The molecule has 7 heteroatoms. The highest BCUT2D eigenvalue weighted by Gasteiger charge is 2.29. The van der Waals surface area contributed by atoms with Gasteiger partial charge in [-0.1, -0.05) is 16.8 Å². The molecule has 1 atom stereocenters. The van der Waals surface area contributed by atoms with Gasteiger partial charge < -0.3 is 10.9 Å². The zero-order valence-electron chi connectivity index (χ0n) is 10.6. The van der Waals surface area contributed by atoms with E-state index >= 15 is 0 Å². The molecule has 1 fully saturated rings. The molecule has 100 valence electrons. The lowest BCUT2D eigenvalue weighted by Gasteiger charge is -2.23. The molecule has 1 aromatic heterocycles.